The Morgan fingerprint density at radius 2 is 1.30 bits per heavy atom. The Kier molecular flexibility index (Phi) is 6.96. The normalized spacial score (nSPS) is 12.5. The van der Waals surface area contributed by atoms with Crippen molar-refractivity contribution in [1.82, 2.24) is 0 Å². The van der Waals surface area contributed by atoms with Gasteiger partial charge in [0.2, 0.25) is 0 Å². The second-order valence-electron chi connectivity index (χ2n) is 8.06. The van der Waals surface area contributed by atoms with E-state index in [1.165, 1.54) is 0 Å². The van der Waals surface area contributed by atoms with Crippen molar-refractivity contribution in [2.45, 2.75) is 19.8 Å². The standard InChI is InChI=1S/C29H26N2OS/c1-21-11-15-23(16-12-21)26(28(32)24-17-13-22(2)14-18-24)27(31-19-7-4-8-20-31)29(33)30-25-9-5-3-6-10-25/h3-20,26,30H,1-2H3. The quantitative estimate of drug-likeness (QED) is 0.212. The van der Waals surface area contributed by atoms with Gasteiger partial charge in [-0.1, -0.05) is 83.9 Å². The molecule has 0 aliphatic heterocycles. The number of Topliss-reactive ketones (excluding diaryl/α,β-unsaturated/α-hetero) is 1. The maximum absolute atomic E-state index is 14.0. The molecule has 33 heavy (non-hydrogen) atoms. The van der Waals surface area contributed by atoms with Crippen LogP contribution >= 0.6 is 0 Å². The lowest BCUT2D eigenvalue weighted by atomic mass is 9.87. The molecule has 0 aliphatic carbocycles. The molecule has 1 aromatic heterocycles. The van der Waals surface area contributed by atoms with Crippen LogP contribution in [0.1, 0.15) is 33.0 Å². The first-order valence-corrected chi connectivity index (χ1v) is 11.3. The number of nitrogens with zero attached hydrogens (tertiary/aromatic N) is 1. The van der Waals surface area contributed by atoms with E-state index in [2.05, 4.69) is 5.32 Å². The predicted octanol–water partition coefficient (Wildman–Crippen LogP) is 6.04. The Hall–Kier alpha value is -3.76. The molecular formula is C29H26N2OS. The third kappa shape index (κ3) is 5.36. The lowest BCUT2D eigenvalue weighted by molar-refractivity contribution is -0.584. The number of benzene rings is 3. The summed E-state index contributed by atoms with van der Waals surface area (Å²) >= 11 is 5.91. The molecule has 0 amide bonds. The first-order chi connectivity index (χ1) is 16.0. The van der Waals surface area contributed by atoms with Gasteiger partial charge in [-0.3, -0.25) is 4.79 Å². The fourth-order valence-electron chi connectivity index (χ4n) is 3.75. The van der Waals surface area contributed by atoms with Gasteiger partial charge in [-0.05, 0) is 36.6 Å². The largest absolute Gasteiger partial charge is 0.756 e. The van der Waals surface area contributed by atoms with Crippen molar-refractivity contribution in [3.63, 3.8) is 0 Å². The van der Waals surface area contributed by atoms with E-state index >= 15 is 0 Å². The molecule has 1 N–H and O–H groups in total. The average Bonchev–Trinajstić information content (AvgIpc) is 2.84. The molecule has 164 valence electrons. The highest BCUT2D eigenvalue weighted by atomic mass is 32.1. The van der Waals surface area contributed by atoms with Crippen molar-refractivity contribution >= 4 is 29.8 Å². The van der Waals surface area contributed by atoms with Crippen LogP contribution in [0.2, 0.25) is 0 Å². The molecule has 1 heterocycles. The number of aryl methyl sites for hydroxylation is 2. The number of hydrogen-bond donors (Lipinski definition) is 1. The number of aromatic nitrogens is 1. The summed E-state index contributed by atoms with van der Waals surface area (Å²) in [5.74, 6) is -0.577. The molecule has 4 heteroatoms. The van der Waals surface area contributed by atoms with Crippen LogP contribution in [-0.2, 0) is 12.6 Å². The zero-order valence-electron chi connectivity index (χ0n) is 18.7. The Balaban J connectivity index is 1.91. The van der Waals surface area contributed by atoms with Crippen LogP contribution in [-0.4, -0.2) is 5.78 Å². The number of nitrogens with one attached hydrogen (secondary N) is 1. The first-order valence-electron chi connectivity index (χ1n) is 10.9. The number of para-hydroxylation sites is 1. The molecule has 0 saturated carbocycles. The molecular weight excluding hydrogens is 424 g/mol. The smallest absolute Gasteiger partial charge is 0.198 e. The van der Waals surface area contributed by atoms with E-state index in [9.17, 15) is 4.79 Å². The van der Waals surface area contributed by atoms with Gasteiger partial charge in [-0.2, -0.15) is 4.57 Å². The van der Waals surface area contributed by atoms with E-state index in [-0.39, 0.29) is 5.78 Å². The zero-order chi connectivity index (χ0) is 23.2. The monoisotopic (exact) mass is 450 g/mol. The van der Waals surface area contributed by atoms with Crippen molar-refractivity contribution in [3.8, 4) is 0 Å². The lowest BCUT2D eigenvalue weighted by Crippen LogP contribution is -2.38. The van der Waals surface area contributed by atoms with Gasteiger partial charge < -0.3 is 17.9 Å². The van der Waals surface area contributed by atoms with E-state index < -0.39 is 5.92 Å². The molecule has 1 atom stereocenters. The number of ketones is 1. The highest BCUT2D eigenvalue weighted by Gasteiger charge is 2.33. The highest BCUT2D eigenvalue weighted by molar-refractivity contribution is 7.63. The van der Waals surface area contributed by atoms with E-state index in [1.54, 1.807) is 0 Å². The van der Waals surface area contributed by atoms with Crippen LogP contribution in [0.15, 0.2) is 114 Å². The Labute approximate surface area is 200 Å². The van der Waals surface area contributed by atoms with Crippen molar-refractivity contribution < 1.29 is 9.36 Å². The summed E-state index contributed by atoms with van der Waals surface area (Å²) in [4.78, 5) is 14.0. The van der Waals surface area contributed by atoms with Crippen LogP contribution in [0.3, 0.4) is 0 Å². The summed E-state index contributed by atoms with van der Waals surface area (Å²) in [5.41, 5.74) is 5.39. The molecule has 3 nitrogen and oxygen atoms in total. The van der Waals surface area contributed by atoms with E-state index in [0.717, 1.165) is 22.4 Å². The van der Waals surface area contributed by atoms with E-state index in [1.807, 2.05) is 128 Å². The SMILES string of the molecule is Cc1ccc(C(=O)C(C(=C([S-])Nc2ccccc2)[n+]2ccccc2)c2ccc(C)cc2)cc1. The Morgan fingerprint density at radius 3 is 1.91 bits per heavy atom. The summed E-state index contributed by atoms with van der Waals surface area (Å²) < 4.78 is 1.94. The Morgan fingerprint density at radius 1 is 0.758 bits per heavy atom. The third-order valence-corrected chi connectivity index (χ3v) is 5.85. The minimum absolute atomic E-state index is 0.00224. The lowest BCUT2D eigenvalue weighted by Gasteiger charge is -2.24. The van der Waals surface area contributed by atoms with Gasteiger partial charge in [0.25, 0.3) is 0 Å². The topological polar surface area (TPSA) is 33.0 Å². The summed E-state index contributed by atoms with van der Waals surface area (Å²) in [6.45, 7) is 4.06. The van der Waals surface area contributed by atoms with Crippen molar-refractivity contribution in [1.29, 1.82) is 0 Å². The zero-order valence-corrected chi connectivity index (χ0v) is 19.5. The van der Waals surface area contributed by atoms with E-state index in [0.29, 0.717) is 16.3 Å². The molecule has 0 radical (unpaired) electrons. The molecule has 0 fully saturated rings. The van der Waals surface area contributed by atoms with Crippen LogP contribution in [0.4, 0.5) is 5.69 Å². The number of anilines is 1. The summed E-state index contributed by atoms with van der Waals surface area (Å²) in [6, 6.07) is 31.4. The van der Waals surface area contributed by atoms with Gasteiger partial charge in [-0.25, -0.2) is 0 Å². The summed E-state index contributed by atoms with van der Waals surface area (Å²) in [6.07, 6.45) is 3.86. The minimum atomic E-state index is -0.579. The third-order valence-electron chi connectivity index (χ3n) is 5.54. The van der Waals surface area contributed by atoms with Gasteiger partial charge in [0.1, 0.15) is 5.92 Å². The minimum Gasteiger partial charge on any atom is -0.756 e. The second kappa shape index (κ2) is 10.2. The maximum Gasteiger partial charge on any atom is 0.198 e. The highest BCUT2D eigenvalue weighted by Crippen LogP contribution is 2.31. The van der Waals surface area contributed by atoms with Crippen molar-refractivity contribution in [2.75, 3.05) is 5.32 Å². The number of carbonyl (C=O) groups excluding carboxylic acids is 1. The number of allylic oxidation sites excluding steroid dienone is 1. The molecule has 0 bridgehead atoms. The fraction of sp³-hybridized carbons (Fsp3) is 0.103. The van der Waals surface area contributed by atoms with Gasteiger partial charge >= 0.3 is 0 Å². The van der Waals surface area contributed by atoms with Crippen molar-refractivity contribution in [2.24, 2.45) is 0 Å². The summed E-state index contributed by atoms with van der Waals surface area (Å²) in [5, 5.41) is 3.84. The molecule has 0 saturated heterocycles. The van der Waals surface area contributed by atoms with Crippen LogP contribution < -0.4 is 9.88 Å². The molecule has 0 aliphatic rings. The molecule has 4 aromatic rings. The van der Waals surface area contributed by atoms with E-state index in [4.69, 9.17) is 12.6 Å². The van der Waals surface area contributed by atoms with Gasteiger partial charge in [0.05, 0.1) is 0 Å². The molecule has 4 rings (SSSR count). The number of hydrogen-bond acceptors (Lipinski definition) is 3. The second-order valence-corrected chi connectivity index (χ2v) is 8.47. The maximum atomic E-state index is 14.0. The summed E-state index contributed by atoms with van der Waals surface area (Å²) in [7, 11) is 0. The van der Waals surface area contributed by atoms with Crippen molar-refractivity contribution in [3.05, 3.63) is 137 Å². The van der Waals surface area contributed by atoms with Crippen LogP contribution in [0.25, 0.3) is 5.70 Å². The molecule has 0 spiro atoms. The van der Waals surface area contributed by atoms with Gasteiger partial charge in [0.15, 0.2) is 23.9 Å². The number of carbonyl (C=O) groups is 1. The average molecular weight is 451 g/mol. The van der Waals surface area contributed by atoms with Gasteiger partial charge in [-0.15, -0.1) is 0 Å². The number of rotatable bonds is 7. The predicted molar refractivity (Wildman–Crippen MR) is 137 cm³/mol. The van der Waals surface area contributed by atoms with Crippen LogP contribution in [0.5, 0.6) is 0 Å². The first kappa shape index (κ1) is 22.4. The molecule has 3 aromatic carbocycles. The fourth-order valence-corrected chi connectivity index (χ4v) is 4.09. The van der Waals surface area contributed by atoms with Crippen LogP contribution in [0, 0.1) is 13.8 Å². The number of pyridine rings is 1. The Bertz CT molecular complexity index is 1250. The molecule has 1 unspecified atom stereocenters. The van der Waals surface area contributed by atoms with Gasteiger partial charge in [0, 0.05) is 23.4 Å².